The molecule has 0 aliphatic carbocycles. The summed E-state index contributed by atoms with van der Waals surface area (Å²) in [6.45, 7) is 2.23. The van der Waals surface area contributed by atoms with Gasteiger partial charge in [0, 0.05) is 6.20 Å². The molecule has 0 saturated heterocycles. The van der Waals surface area contributed by atoms with Gasteiger partial charge < -0.3 is 9.72 Å². The number of H-pyrrole nitrogens is 2. The van der Waals surface area contributed by atoms with E-state index in [1.807, 2.05) is 11.9 Å². The van der Waals surface area contributed by atoms with Crippen molar-refractivity contribution in [2.24, 2.45) is 0 Å². The zero-order chi connectivity index (χ0) is 11.3. The summed E-state index contributed by atoms with van der Waals surface area (Å²) in [5, 5.41) is 0. The van der Waals surface area contributed by atoms with Crippen LogP contribution < -0.4 is 11.2 Å². The van der Waals surface area contributed by atoms with Crippen LogP contribution in [0.1, 0.15) is 30.1 Å². The summed E-state index contributed by atoms with van der Waals surface area (Å²) in [5.41, 5.74) is -1.57. The Labute approximate surface area is 85.3 Å². The molecule has 6 nitrogen and oxygen atoms in total. The third-order valence-corrected chi connectivity index (χ3v) is 1.77. The van der Waals surface area contributed by atoms with E-state index in [0.717, 1.165) is 19.0 Å². The van der Waals surface area contributed by atoms with Gasteiger partial charge in [-0.1, -0.05) is 13.3 Å². The van der Waals surface area contributed by atoms with Crippen LogP contribution in [-0.4, -0.2) is 22.5 Å². The molecule has 2 N–H and O–H groups in total. The van der Waals surface area contributed by atoms with Crippen LogP contribution in [0.5, 0.6) is 0 Å². The Kier molecular flexibility index (Phi) is 3.84. The van der Waals surface area contributed by atoms with E-state index in [1.165, 1.54) is 0 Å². The molecule has 0 fully saturated rings. The number of nitrogens with one attached hydrogen (secondary N) is 2. The van der Waals surface area contributed by atoms with Crippen molar-refractivity contribution in [1.82, 2.24) is 9.97 Å². The van der Waals surface area contributed by atoms with Gasteiger partial charge >= 0.3 is 11.7 Å². The van der Waals surface area contributed by atoms with Gasteiger partial charge in [-0.05, 0) is 6.42 Å². The Morgan fingerprint density at radius 2 is 2.20 bits per heavy atom. The predicted molar refractivity (Wildman–Crippen MR) is 52.9 cm³/mol. The number of aromatic amines is 2. The van der Waals surface area contributed by atoms with Gasteiger partial charge in [-0.2, -0.15) is 0 Å². The molecule has 82 valence electrons. The van der Waals surface area contributed by atoms with Crippen LogP contribution in [0.25, 0.3) is 0 Å². The molecule has 0 bridgehead atoms. The zero-order valence-corrected chi connectivity index (χ0v) is 8.33. The van der Waals surface area contributed by atoms with Gasteiger partial charge in [-0.3, -0.25) is 9.78 Å². The maximum Gasteiger partial charge on any atom is 0.345 e. The van der Waals surface area contributed by atoms with Crippen molar-refractivity contribution in [2.45, 2.75) is 19.8 Å². The van der Waals surface area contributed by atoms with Crippen molar-refractivity contribution in [3.63, 3.8) is 0 Å². The van der Waals surface area contributed by atoms with E-state index < -0.39 is 17.2 Å². The Morgan fingerprint density at radius 1 is 1.47 bits per heavy atom. The Bertz CT molecular complexity index is 446. The van der Waals surface area contributed by atoms with Crippen molar-refractivity contribution < 1.29 is 9.53 Å². The average molecular weight is 212 g/mol. The third kappa shape index (κ3) is 3.08. The van der Waals surface area contributed by atoms with Crippen LogP contribution >= 0.6 is 0 Å². The van der Waals surface area contributed by atoms with Crippen LogP contribution in [0.2, 0.25) is 0 Å². The van der Waals surface area contributed by atoms with Crippen LogP contribution in [0.3, 0.4) is 0 Å². The van der Waals surface area contributed by atoms with E-state index >= 15 is 0 Å². The molecule has 1 aromatic rings. The van der Waals surface area contributed by atoms with Crippen LogP contribution in [-0.2, 0) is 4.74 Å². The Balaban J connectivity index is 2.74. The number of carbonyl (C=O) groups is 1. The molecule has 0 aliphatic rings. The molecule has 0 saturated carbocycles. The molecule has 1 aromatic heterocycles. The van der Waals surface area contributed by atoms with Crippen molar-refractivity contribution in [1.29, 1.82) is 0 Å². The van der Waals surface area contributed by atoms with Gasteiger partial charge in [-0.15, -0.1) is 0 Å². The molecule has 6 heteroatoms. The van der Waals surface area contributed by atoms with Crippen LogP contribution in [0.15, 0.2) is 15.8 Å². The fraction of sp³-hybridized carbons (Fsp3) is 0.444. The van der Waals surface area contributed by atoms with E-state index in [0.29, 0.717) is 0 Å². The Hall–Kier alpha value is -1.85. The molecule has 0 aliphatic heterocycles. The lowest BCUT2D eigenvalue weighted by Gasteiger charge is -2.01. The summed E-state index contributed by atoms with van der Waals surface area (Å²) in [6.07, 6.45) is 2.69. The normalized spacial score (nSPS) is 9.93. The fourth-order valence-electron chi connectivity index (χ4n) is 0.948. The topological polar surface area (TPSA) is 92.0 Å². The highest BCUT2D eigenvalue weighted by atomic mass is 16.5. The standard InChI is InChI=1S/C9H12N2O4/c1-2-3-4-15-8(13)6-5-10-9(14)11-7(6)12/h5H,2-4H2,1H3,(H2,10,11,12,14). The second-order valence-electron chi connectivity index (χ2n) is 2.98. The highest BCUT2D eigenvalue weighted by Crippen LogP contribution is 1.94. The molecular weight excluding hydrogens is 200 g/mol. The van der Waals surface area contributed by atoms with Crippen LogP contribution in [0, 0.1) is 0 Å². The quantitative estimate of drug-likeness (QED) is 0.543. The minimum atomic E-state index is -0.736. The smallest absolute Gasteiger partial charge is 0.345 e. The largest absolute Gasteiger partial charge is 0.462 e. The van der Waals surface area contributed by atoms with E-state index in [9.17, 15) is 14.4 Å². The first-order valence-corrected chi connectivity index (χ1v) is 4.64. The number of esters is 1. The monoisotopic (exact) mass is 212 g/mol. The summed E-state index contributed by atoms with van der Waals surface area (Å²) >= 11 is 0. The summed E-state index contributed by atoms with van der Waals surface area (Å²) < 4.78 is 4.81. The second-order valence-corrected chi connectivity index (χ2v) is 2.98. The molecule has 0 amide bonds. The zero-order valence-electron chi connectivity index (χ0n) is 8.33. The lowest BCUT2D eigenvalue weighted by molar-refractivity contribution is 0.0497. The maximum absolute atomic E-state index is 11.3. The number of carbonyl (C=O) groups excluding carboxylic acids is 1. The number of hydrogen-bond donors (Lipinski definition) is 2. The molecule has 0 atom stereocenters. The number of rotatable bonds is 4. The fourth-order valence-corrected chi connectivity index (χ4v) is 0.948. The van der Waals surface area contributed by atoms with Gasteiger partial charge in [-0.25, -0.2) is 9.59 Å². The predicted octanol–water partition coefficient (Wildman–Crippen LogP) is 0.0201. The minimum Gasteiger partial charge on any atom is -0.462 e. The number of unbranched alkanes of at least 4 members (excludes halogenated alkanes) is 1. The number of aromatic nitrogens is 2. The first-order chi connectivity index (χ1) is 7.15. The highest BCUT2D eigenvalue weighted by molar-refractivity contribution is 5.88. The van der Waals surface area contributed by atoms with Gasteiger partial charge in [0.2, 0.25) is 0 Å². The third-order valence-electron chi connectivity index (χ3n) is 1.77. The minimum absolute atomic E-state index is 0.189. The highest BCUT2D eigenvalue weighted by Gasteiger charge is 2.11. The molecule has 0 radical (unpaired) electrons. The van der Waals surface area contributed by atoms with Crippen molar-refractivity contribution in [3.05, 3.63) is 32.6 Å². The second kappa shape index (κ2) is 5.14. The van der Waals surface area contributed by atoms with E-state index in [2.05, 4.69) is 4.98 Å². The van der Waals surface area contributed by atoms with E-state index in [-0.39, 0.29) is 12.2 Å². The van der Waals surface area contributed by atoms with Gasteiger partial charge in [0.05, 0.1) is 6.61 Å². The first-order valence-electron chi connectivity index (χ1n) is 4.64. The summed E-state index contributed by atoms with van der Waals surface area (Å²) in [4.78, 5) is 37.2. The molecule has 1 heterocycles. The summed E-state index contributed by atoms with van der Waals surface area (Å²) in [7, 11) is 0. The molecule has 0 aromatic carbocycles. The van der Waals surface area contributed by atoms with Crippen molar-refractivity contribution in [3.8, 4) is 0 Å². The first kappa shape index (κ1) is 11.2. The lowest BCUT2D eigenvalue weighted by Crippen LogP contribution is -2.28. The number of hydrogen-bond acceptors (Lipinski definition) is 4. The maximum atomic E-state index is 11.3. The van der Waals surface area contributed by atoms with Crippen molar-refractivity contribution in [2.75, 3.05) is 6.61 Å². The molecule has 1 rings (SSSR count). The van der Waals surface area contributed by atoms with Crippen molar-refractivity contribution >= 4 is 5.97 Å². The SMILES string of the molecule is CCCCOC(=O)c1c[nH]c(=O)[nH]c1=O. The molecule has 0 unspecified atom stereocenters. The Morgan fingerprint density at radius 3 is 2.80 bits per heavy atom. The number of ether oxygens (including phenoxy) is 1. The van der Waals surface area contributed by atoms with Crippen LogP contribution in [0.4, 0.5) is 0 Å². The molecule has 0 spiro atoms. The lowest BCUT2D eigenvalue weighted by atomic mass is 10.3. The summed E-state index contributed by atoms with van der Waals surface area (Å²) in [6, 6.07) is 0. The van der Waals surface area contributed by atoms with Gasteiger partial charge in [0.15, 0.2) is 0 Å². The molecular formula is C9H12N2O4. The summed E-state index contributed by atoms with van der Waals surface area (Å²) in [5.74, 6) is -0.721. The van der Waals surface area contributed by atoms with E-state index in [1.54, 1.807) is 0 Å². The van der Waals surface area contributed by atoms with Gasteiger partial charge in [0.1, 0.15) is 5.56 Å². The molecule has 15 heavy (non-hydrogen) atoms. The average Bonchev–Trinajstić information content (AvgIpc) is 2.17. The van der Waals surface area contributed by atoms with E-state index in [4.69, 9.17) is 4.74 Å². The van der Waals surface area contributed by atoms with Gasteiger partial charge in [0.25, 0.3) is 5.56 Å².